The number of methoxy groups -OCH3 is 1. The average molecular weight is 454 g/mol. The summed E-state index contributed by atoms with van der Waals surface area (Å²) in [7, 11) is 1.55. The first kappa shape index (κ1) is 24.6. The first-order chi connectivity index (χ1) is 15.6. The fourth-order valence-corrected chi connectivity index (χ4v) is 4.55. The zero-order valence-electron chi connectivity index (χ0n) is 20.5. The Balaban J connectivity index is 1.83. The van der Waals surface area contributed by atoms with Crippen LogP contribution in [0.2, 0.25) is 0 Å². The molecule has 2 aromatic rings. The van der Waals surface area contributed by atoms with Crippen molar-refractivity contribution in [3.05, 3.63) is 46.3 Å². The van der Waals surface area contributed by atoms with E-state index in [0.717, 1.165) is 24.1 Å². The highest BCUT2D eigenvalue weighted by Crippen LogP contribution is 2.36. The van der Waals surface area contributed by atoms with Crippen molar-refractivity contribution in [3.8, 4) is 5.75 Å². The van der Waals surface area contributed by atoms with E-state index in [0.29, 0.717) is 47.5 Å². The minimum Gasteiger partial charge on any atom is -0.495 e. The average Bonchev–Trinajstić information content (AvgIpc) is 3.07. The predicted molar refractivity (Wildman–Crippen MR) is 129 cm³/mol. The maximum Gasteiger partial charge on any atom is 0.268 e. The second-order valence-corrected chi connectivity index (χ2v) is 9.73. The molecule has 1 aliphatic carbocycles. The lowest BCUT2D eigenvalue weighted by molar-refractivity contribution is -0.118. The molecule has 1 unspecified atom stereocenters. The van der Waals surface area contributed by atoms with Crippen molar-refractivity contribution in [1.29, 1.82) is 0 Å². The van der Waals surface area contributed by atoms with Crippen molar-refractivity contribution in [2.24, 2.45) is 5.41 Å². The number of H-pyrrole nitrogens is 1. The SMILES string of the molecule is CCCCC(NC(=O)c1[nH]c2c(c1C)C(=O)CC(C)(C)C2)C(=O)Nc1c(C)cccc1OC. The maximum absolute atomic E-state index is 13.2. The van der Waals surface area contributed by atoms with E-state index in [4.69, 9.17) is 4.74 Å². The summed E-state index contributed by atoms with van der Waals surface area (Å²) in [4.78, 5) is 42.3. The molecule has 1 aromatic carbocycles. The normalized spacial score (nSPS) is 15.5. The molecular formula is C26H35N3O4. The van der Waals surface area contributed by atoms with Crippen LogP contribution in [0, 0.1) is 19.3 Å². The van der Waals surface area contributed by atoms with E-state index >= 15 is 0 Å². The van der Waals surface area contributed by atoms with Gasteiger partial charge in [-0.15, -0.1) is 0 Å². The number of hydrogen-bond acceptors (Lipinski definition) is 4. The van der Waals surface area contributed by atoms with Gasteiger partial charge in [-0.1, -0.05) is 45.7 Å². The number of para-hydroxylation sites is 1. The molecule has 0 fully saturated rings. The van der Waals surface area contributed by atoms with Gasteiger partial charge >= 0.3 is 0 Å². The van der Waals surface area contributed by atoms with Gasteiger partial charge in [0.25, 0.3) is 5.91 Å². The number of Topliss-reactive ketones (excluding diaryl/α,β-unsaturated/α-hetero) is 1. The topological polar surface area (TPSA) is 100 Å². The molecule has 0 spiro atoms. The summed E-state index contributed by atoms with van der Waals surface area (Å²) in [5.74, 6) is -0.0463. The number of hydrogen-bond donors (Lipinski definition) is 3. The largest absolute Gasteiger partial charge is 0.495 e. The van der Waals surface area contributed by atoms with Gasteiger partial charge in [-0.3, -0.25) is 14.4 Å². The summed E-state index contributed by atoms with van der Waals surface area (Å²) in [5.41, 5.74) is 3.76. The monoisotopic (exact) mass is 453 g/mol. The van der Waals surface area contributed by atoms with Crippen molar-refractivity contribution in [1.82, 2.24) is 10.3 Å². The molecule has 33 heavy (non-hydrogen) atoms. The molecule has 0 saturated heterocycles. The molecule has 1 aromatic heterocycles. The van der Waals surface area contributed by atoms with Crippen molar-refractivity contribution in [2.45, 2.75) is 72.8 Å². The summed E-state index contributed by atoms with van der Waals surface area (Å²) >= 11 is 0. The van der Waals surface area contributed by atoms with E-state index in [1.807, 2.05) is 26.0 Å². The van der Waals surface area contributed by atoms with Gasteiger partial charge in [0.2, 0.25) is 5.91 Å². The third kappa shape index (κ3) is 5.29. The molecule has 0 radical (unpaired) electrons. The molecule has 0 saturated carbocycles. The van der Waals surface area contributed by atoms with Gasteiger partial charge in [-0.25, -0.2) is 0 Å². The predicted octanol–water partition coefficient (Wildman–Crippen LogP) is 4.72. The molecule has 1 atom stereocenters. The number of aromatic amines is 1. The van der Waals surface area contributed by atoms with Crippen molar-refractivity contribution >= 4 is 23.3 Å². The number of ether oxygens (including phenoxy) is 1. The summed E-state index contributed by atoms with van der Waals surface area (Å²) in [5, 5.41) is 5.83. The smallest absolute Gasteiger partial charge is 0.268 e. The van der Waals surface area contributed by atoms with Gasteiger partial charge < -0.3 is 20.4 Å². The van der Waals surface area contributed by atoms with Crippen LogP contribution in [0.5, 0.6) is 5.75 Å². The zero-order chi connectivity index (χ0) is 24.3. The van der Waals surface area contributed by atoms with E-state index in [1.54, 1.807) is 20.1 Å². The van der Waals surface area contributed by atoms with Gasteiger partial charge in [-0.2, -0.15) is 0 Å². The second kappa shape index (κ2) is 9.81. The highest BCUT2D eigenvalue weighted by Gasteiger charge is 2.35. The Kier molecular flexibility index (Phi) is 7.30. The lowest BCUT2D eigenvalue weighted by Crippen LogP contribution is -2.44. The number of carbonyl (C=O) groups is 3. The highest BCUT2D eigenvalue weighted by molar-refractivity contribution is 6.06. The van der Waals surface area contributed by atoms with E-state index in [9.17, 15) is 14.4 Å². The molecule has 2 amide bonds. The summed E-state index contributed by atoms with van der Waals surface area (Å²) in [6.07, 6.45) is 3.35. The third-order valence-electron chi connectivity index (χ3n) is 6.30. The van der Waals surface area contributed by atoms with E-state index in [2.05, 4.69) is 29.5 Å². The second-order valence-electron chi connectivity index (χ2n) is 9.73. The van der Waals surface area contributed by atoms with Gasteiger partial charge in [0.15, 0.2) is 5.78 Å². The summed E-state index contributed by atoms with van der Waals surface area (Å²) in [6.45, 7) is 9.82. The number of aryl methyl sites for hydroxylation is 1. The molecule has 0 aliphatic heterocycles. The Bertz CT molecular complexity index is 1070. The third-order valence-corrected chi connectivity index (χ3v) is 6.30. The Morgan fingerprint density at radius 1 is 1.21 bits per heavy atom. The lowest BCUT2D eigenvalue weighted by atomic mass is 9.75. The highest BCUT2D eigenvalue weighted by atomic mass is 16.5. The molecule has 0 bridgehead atoms. The van der Waals surface area contributed by atoms with E-state index in [-0.39, 0.29) is 23.0 Å². The van der Waals surface area contributed by atoms with Crippen LogP contribution in [0.25, 0.3) is 0 Å². The molecule has 3 N–H and O–H groups in total. The number of fused-ring (bicyclic) bond motifs is 1. The minimum atomic E-state index is -0.714. The molecule has 1 heterocycles. The van der Waals surface area contributed by atoms with Crippen LogP contribution in [0.3, 0.4) is 0 Å². The molecule has 3 rings (SSSR count). The summed E-state index contributed by atoms with van der Waals surface area (Å²) in [6, 6.07) is 4.82. The summed E-state index contributed by atoms with van der Waals surface area (Å²) < 4.78 is 5.39. The minimum absolute atomic E-state index is 0.0565. The van der Waals surface area contributed by atoms with Gasteiger partial charge in [0.1, 0.15) is 17.5 Å². The molecule has 7 nitrogen and oxygen atoms in total. The van der Waals surface area contributed by atoms with Crippen LogP contribution in [0.4, 0.5) is 5.69 Å². The first-order valence-corrected chi connectivity index (χ1v) is 11.6. The number of aromatic nitrogens is 1. The maximum atomic E-state index is 13.2. The number of amides is 2. The Labute approximate surface area is 195 Å². The van der Waals surface area contributed by atoms with Crippen molar-refractivity contribution in [3.63, 3.8) is 0 Å². The van der Waals surface area contributed by atoms with Gasteiger partial charge in [0, 0.05) is 17.7 Å². The van der Waals surface area contributed by atoms with Crippen LogP contribution >= 0.6 is 0 Å². The number of anilines is 1. The number of unbranched alkanes of at least 4 members (excludes halogenated alkanes) is 1. The molecule has 7 heteroatoms. The van der Waals surface area contributed by atoms with Crippen LogP contribution < -0.4 is 15.4 Å². The number of ketones is 1. The first-order valence-electron chi connectivity index (χ1n) is 11.6. The molecular weight excluding hydrogens is 418 g/mol. The van der Waals surface area contributed by atoms with Gasteiger partial charge in [0.05, 0.1) is 12.8 Å². The molecule has 178 valence electrons. The van der Waals surface area contributed by atoms with Crippen LogP contribution in [-0.2, 0) is 11.2 Å². The van der Waals surface area contributed by atoms with E-state index < -0.39 is 6.04 Å². The standard InChI is InChI=1S/C26H35N3O4/c1-7-8-11-17(24(31)29-22-15(2)10-9-12-20(22)33-6)28-25(32)23-16(3)21-18(27-23)13-26(4,5)14-19(21)30/h9-10,12,17,27H,7-8,11,13-14H2,1-6H3,(H,28,32)(H,29,31). The molecule has 1 aliphatic rings. The van der Waals surface area contributed by atoms with Crippen LogP contribution in [0.15, 0.2) is 18.2 Å². The van der Waals surface area contributed by atoms with Crippen LogP contribution in [0.1, 0.15) is 84.1 Å². The van der Waals surface area contributed by atoms with Crippen molar-refractivity contribution in [2.75, 3.05) is 12.4 Å². The zero-order valence-corrected chi connectivity index (χ0v) is 20.5. The van der Waals surface area contributed by atoms with E-state index in [1.165, 1.54) is 0 Å². The van der Waals surface area contributed by atoms with Crippen molar-refractivity contribution < 1.29 is 19.1 Å². The fraction of sp³-hybridized carbons (Fsp3) is 0.500. The Hall–Kier alpha value is -3.09. The Morgan fingerprint density at radius 2 is 1.94 bits per heavy atom. The number of rotatable bonds is 8. The number of benzene rings is 1. The Morgan fingerprint density at radius 3 is 2.61 bits per heavy atom. The fourth-order valence-electron chi connectivity index (χ4n) is 4.55. The van der Waals surface area contributed by atoms with Gasteiger partial charge in [-0.05, 0) is 49.3 Å². The quantitative estimate of drug-likeness (QED) is 0.538. The van der Waals surface area contributed by atoms with Crippen LogP contribution in [-0.4, -0.2) is 35.7 Å². The number of carbonyl (C=O) groups excluding carboxylic acids is 3. The lowest BCUT2D eigenvalue weighted by Gasteiger charge is -2.28. The number of nitrogens with one attached hydrogen (secondary N) is 3.